The standard InChI is InChI=1S/C21H19BrN2O5/c1-11-5-12(2)7-14(6-11)24-20(26)15(19(25)23-21(24)27)8-13-9-17(28-3)18(29-4)10-16(13)22/h5-10H,1-4H3,(H,23,25,27)/b15-8+. The monoisotopic (exact) mass is 458 g/mol. The van der Waals surface area contributed by atoms with Crippen LogP contribution in [0.1, 0.15) is 16.7 Å². The van der Waals surface area contributed by atoms with Crippen molar-refractivity contribution in [2.45, 2.75) is 13.8 Å². The highest BCUT2D eigenvalue weighted by Crippen LogP contribution is 2.35. The summed E-state index contributed by atoms with van der Waals surface area (Å²) in [4.78, 5) is 38.8. The van der Waals surface area contributed by atoms with E-state index in [0.717, 1.165) is 16.0 Å². The van der Waals surface area contributed by atoms with Crippen LogP contribution < -0.4 is 19.7 Å². The summed E-state index contributed by atoms with van der Waals surface area (Å²) in [5.41, 5.74) is 2.54. The van der Waals surface area contributed by atoms with E-state index in [4.69, 9.17) is 9.47 Å². The normalized spacial score (nSPS) is 15.6. The van der Waals surface area contributed by atoms with Crippen molar-refractivity contribution < 1.29 is 23.9 Å². The third-order valence-corrected chi connectivity index (χ3v) is 5.06. The maximum Gasteiger partial charge on any atom is 0.335 e. The molecular weight excluding hydrogens is 440 g/mol. The van der Waals surface area contributed by atoms with Crippen LogP contribution in [0, 0.1) is 13.8 Å². The number of benzene rings is 2. The molecule has 7 nitrogen and oxygen atoms in total. The second-order valence-electron chi connectivity index (χ2n) is 6.53. The molecule has 0 atom stereocenters. The number of amides is 4. The van der Waals surface area contributed by atoms with Gasteiger partial charge in [-0.2, -0.15) is 0 Å². The minimum absolute atomic E-state index is 0.170. The molecule has 0 aliphatic carbocycles. The lowest BCUT2D eigenvalue weighted by Gasteiger charge is -2.27. The number of hydrogen-bond acceptors (Lipinski definition) is 5. The molecule has 3 rings (SSSR count). The van der Waals surface area contributed by atoms with Gasteiger partial charge in [-0.05, 0) is 60.9 Å². The van der Waals surface area contributed by atoms with E-state index in [1.807, 2.05) is 19.9 Å². The van der Waals surface area contributed by atoms with Crippen LogP contribution in [0.5, 0.6) is 11.5 Å². The van der Waals surface area contributed by atoms with E-state index in [0.29, 0.717) is 27.2 Å². The highest BCUT2D eigenvalue weighted by atomic mass is 79.9. The summed E-state index contributed by atoms with van der Waals surface area (Å²) in [6.07, 6.45) is 1.41. The average molecular weight is 459 g/mol. The van der Waals surface area contributed by atoms with Crippen LogP contribution in [0.2, 0.25) is 0 Å². The molecule has 1 aliphatic heterocycles. The first kappa shape index (κ1) is 20.6. The zero-order valence-electron chi connectivity index (χ0n) is 16.3. The second kappa shape index (κ2) is 8.08. The van der Waals surface area contributed by atoms with E-state index in [9.17, 15) is 14.4 Å². The number of carbonyl (C=O) groups excluding carboxylic acids is 3. The third kappa shape index (κ3) is 4.02. The number of methoxy groups -OCH3 is 2. The zero-order chi connectivity index (χ0) is 21.3. The number of barbiturate groups is 1. The Balaban J connectivity index is 2.08. The first-order valence-electron chi connectivity index (χ1n) is 8.66. The lowest BCUT2D eigenvalue weighted by Crippen LogP contribution is -2.54. The predicted molar refractivity (Wildman–Crippen MR) is 112 cm³/mol. The summed E-state index contributed by atoms with van der Waals surface area (Å²) in [5, 5.41) is 2.23. The van der Waals surface area contributed by atoms with Gasteiger partial charge in [0.1, 0.15) is 5.57 Å². The van der Waals surface area contributed by atoms with Crippen molar-refractivity contribution in [3.63, 3.8) is 0 Å². The molecule has 0 spiro atoms. The molecule has 1 N–H and O–H groups in total. The van der Waals surface area contributed by atoms with E-state index in [2.05, 4.69) is 21.2 Å². The Labute approximate surface area is 176 Å². The number of carbonyl (C=O) groups is 3. The number of ether oxygens (including phenoxy) is 2. The molecule has 1 heterocycles. The number of nitrogens with zero attached hydrogens (tertiary/aromatic N) is 1. The zero-order valence-corrected chi connectivity index (χ0v) is 17.9. The Kier molecular flexibility index (Phi) is 5.74. The molecule has 0 aromatic heterocycles. The molecule has 150 valence electrons. The number of halogens is 1. The van der Waals surface area contributed by atoms with Gasteiger partial charge in [0.25, 0.3) is 11.8 Å². The largest absolute Gasteiger partial charge is 0.493 e. The van der Waals surface area contributed by atoms with Crippen LogP contribution in [0.3, 0.4) is 0 Å². The van der Waals surface area contributed by atoms with Crippen LogP contribution in [0.15, 0.2) is 40.4 Å². The topological polar surface area (TPSA) is 84.9 Å². The number of urea groups is 1. The molecule has 2 aromatic carbocycles. The van der Waals surface area contributed by atoms with Crippen LogP contribution in [0.25, 0.3) is 6.08 Å². The lowest BCUT2D eigenvalue weighted by atomic mass is 10.0. The summed E-state index contributed by atoms with van der Waals surface area (Å²) in [6.45, 7) is 3.73. The molecule has 0 radical (unpaired) electrons. The fourth-order valence-corrected chi connectivity index (χ4v) is 3.54. The number of anilines is 1. The summed E-state index contributed by atoms with van der Waals surface area (Å²) in [5.74, 6) is -0.533. The molecule has 1 aliphatic rings. The maximum atomic E-state index is 13.1. The summed E-state index contributed by atoms with van der Waals surface area (Å²) >= 11 is 3.41. The smallest absolute Gasteiger partial charge is 0.335 e. The van der Waals surface area contributed by atoms with Gasteiger partial charge in [-0.15, -0.1) is 0 Å². The van der Waals surface area contributed by atoms with Crippen molar-refractivity contribution in [3.05, 3.63) is 57.1 Å². The summed E-state index contributed by atoms with van der Waals surface area (Å²) in [6, 6.07) is 7.87. The van der Waals surface area contributed by atoms with Gasteiger partial charge in [0.05, 0.1) is 19.9 Å². The van der Waals surface area contributed by atoms with Gasteiger partial charge in [-0.25, -0.2) is 9.69 Å². The van der Waals surface area contributed by atoms with E-state index in [1.54, 1.807) is 24.3 Å². The molecule has 1 saturated heterocycles. The molecular formula is C21H19BrN2O5. The summed E-state index contributed by atoms with van der Waals surface area (Å²) < 4.78 is 11.1. The minimum atomic E-state index is -0.784. The van der Waals surface area contributed by atoms with Crippen molar-refractivity contribution in [2.75, 3.05) is 19.1 Å². The maximum absolute atomic E-state index is 13.1. The van der Waals surface area contributed by atoms with Crippen molar-refractivity contribution >= 4 is 45.5 Å². The molecule has 0 saturated carbocycles. The first-order chi connectivity index (χ1) is 13.7. The van der Waals surface area contributed by atoms with Gasteiger partial charge in [0.2, 0.25) is 0 Å². The van der Waals surface area contributed by atoms with Crippen LogP contribution >= 0.6 is 15.9 Å². The molecule has 4 amide bonds. The molecule has 0 bridgehead atoms. The predicted octanol–water partition coefficient (Wildman–Crippen LogP) is 3.75. The number of hydrogen-bond donors (Lipinski definition) is 1. The van der Waals surface area contributed by atoms with E-state index >= 15 is 0 Å². The van der Waals surface area contributed by atoms with Gasteiger partial charge >= 0.3 is 6.03 Å². The fourth-order valence-electron chi connectivity index (χ4n) is 3.11. The Morgan fingerprint density at radius 2 is 1.52 bits per heavy atom. The van der Waals surface area contributed by atoms with Gasteiger partial charge in [-0.3, -0.25) is 14.9 Å². The molecule has 29 heavy (non-hydrogen) atoms. The fraction of sp³-hybridized carbons (Fsp3) is 0.190. The Bertz CT molecular complexity index is 1040. The van der Waals surface area contributed by atoms with Crippen LogP contribution in [-0.2, 0) is 9.59 Å². The number of aryl methyl sites for hydroxylation is 2. The van der Waals surface area contributed by atoms with Crippen molar-refractivity contribution in [1.29, 1.82) is 0 Å². The molecule has 8 heteroatoms. The van der Waals surface area contributed by atoms with E-state index < -0.39 is 17.8 Å². The second-order valence-corrected chi connectivity index (χ2v) is 7.39. The van der Waals surface area contributed by atoms with Gasteiger partial charge < -0.3 is 9.47 Å². The van der Waals surface area contributed by atoms with E-state index in [1.165, 1.54) is 20.3 Å². The van der Waals surface area contributed by atoms with Crippen LogP contribution in [-0.4, -0.2) is 32.1 Å². The average Bonchev–Trinajstić information content (AvgIpc) is 2.64. The first-order valence-corrected chi connectivity index (χ1v) is 9.45. The van der Waals surface area contributed by atoms with E-state index in [-0.39, 0.29) is 5.57 Å². The summed E-state index contributed by atoms with van der Waals surface area (Å²) in [7, 11) is 3.00. The van der Waals surface area contributed by atoms with Gasteiger partial charge in [-0.1, -0.05) is 22.0 Å². The SMILES string of the molecule is COc1cc(Br)c(/C=C2\C(=O)NC(=O)N(c3cc(C)cc(C)c3)C2=O)cc1OC. The van der Waals surface area contributed by atoms with Crippen LogP contribution in [0.4, 0.5) is 10.5 Å². The van der Waals surface area contributed by atoms with Gasteiger partial charge in [0, 0.05) is 4.47 Å². The third-order valence-electron chi connectivity index (χ3n) is 4.37. The molecule has 0 unspecified atom stereocenters. The number of imide groups is 2. The minimum Gasteiger partial charge on any atom is -0.493 e. The molecule has 1 fully saturated rings. The van der Waals surface area contributed by atoms with Crippen molar-refractivity contribution in [1.82, 2.24) is 5.32 Å². The van der Waals surface area contributed by atoms with Crippen molar-refractivity contribution in [3.8, 4) is 11.5 Å². The Hall–Kier alpha value is -3.13. The molecule has 2 aromatic rings. The quantitative estimate of drug-likeness (QED) is 0.556. The number of nitrogens with one attached hydrogen (secondary N) is 1. The van der Waals surface area contributed by atoms with Crippen molar-refractivity contribution in [2.24, 2.45) is 0 Å². The Morgan fingerprint density at radius 1 is 0.931 bits per heavy atom. The highest BCUT2D eigenvalue weighted by molar-refractivity contribution is 9.10. The van der Waals surface area contributed by atoms with Gasteiger partial charge in [0.15, 0.2) is 11.5 Å². The number of rotatable bonds is 4. The lowest BCUT2D eigenvalue weighted by molar-refractivity contribution is -0.122. The highest BCUT2D eigenvalue weighted by Gasteiger charge is 2.37. The Morgan fingerprint density at radius 3 is 2.10 bits per heavy atom.